The predicted molar refractivity (Wildman–Crippen MR) is 75.6 cm³/mol. The highest BCUT2D eigenvalue weighted by Gasteiger charge is 2.21. The minimum atomic E-state index is 0.826. The second kappa shape index (κ2) is 6.77. The second-order valence-corrected chi connectivity index (χ2v) is 6.12. The molecular weight excluding hydrogens is 282 g/mol. The molecule has 3 heteroatoms. The summed E-state index contributed by atoms with van der Waals surface area (Å²) >= 11 is 5.39. The van der Waals surface area contributed by atoms with E-state index in [1.54, 1.807) is 0 Å². The zero-order chi connectivity index (χ0) is 11.2. The van der Waals surface area contributed by atoms with Gasteiger partial charge in [-0.15, -0.1) is 0 Å². The summed E-state index contributed by atoms with van der Waals surface area (Å²) in [5, 5.41) is 5.61. The molecule has 0 amide bonds. The molecule has 1 aliphatic rings. The van der Waals surface area contributed by atoms with Crippen LogP contribution in [0.3, 0.4) is 0 Å². The quantitative estimate of drug-likeness (QED) is 0.745. The minimum absolute atomic E-state index is 0.826. The molecule has 1 aromatic rings. The SMILES string of the molecule is BrCCC1CCCCN1CCc1ccsc1. The van der Waals surface area contributed by atoms with Crippen LogP contribution in [0.25, 0.3) is 0 Å². The largest absolute Gasteiger partial charge is 0.300 e. The number of thiophene rings is 1. The molecule has 1 fully saturated rings. The summed E-state index contributed by atoms with van der Waals surface area (Å²) in [5.74, 6) is 0. The smallest absolute Gasteiger partial charge is 0.0103 e. The summed E-state index contributed by atoms with van der Waals surface area (Å²) in [6.45, 7) is 2.55. The number of likely N-dealkylation sites (tertiary alicyclic amines) is 1. The molecule has 0 aromatic carbocycles. The summed E-state index contributed by atoms with van der Waals surface area (Å²) in [6, 6.07) is 3.08. The van der Waals surface area contributed by atoms with Crippen LogP contribution in [-0.4, -0.2) is 29.4 Å². The number of piperidine rings is 1. The van der Waals surface area contributed by atoms with Crippen molar-refractivity contribution in [2.45, 2.75) is 38.1 Å². The Bertz CT molecular complexity index is 284. The third kappa shape index (κ3) is 3.57. The van der Waals surface area contributed by atoms with E-state index in [9.17, 15) is 0 Å². The van der Waals surface area contributed by atoms with Gasteiger partial charge < -0.3 is 4.90 Å². The van der Waals surface area contributed by atoms with E-state index in [2.05, 4.69) is 37.7 Å². The molecule has 0 spiro atoms. The van der Waals surface area contributed by atoms with Crippen molar-refractivity contribution in [3.8, 4) is 0 Å². The molecule has 2 heterocycles. The van der Waals surface area contributed by atoms with Crippen LogP contribution < -0.4 is 0 Å². The third-order valence-corrected chi connectivity index (χ3v) is 4.65. The van der Waals surface area contributed by atoms with E-state index in [0.29, 0.717) is 0 Å². The number of alkyl halides is 1. The second-order valence-electron chi connectivity index (χ2n) is 4.54. The third-order valence-electron chi connectivity index (χ3n) is 3.46. The molecule has 1 unspecified atom stereocenters. The van der Waals surface area contributed by atoms with Crippen LogP contribution in [0.4, 0.5) is 0 Å². The molecule has 0 saturated carbocycles. The van der Waals surface area contributed by atoms with Gasteiger partial charge in [-0.05, 0) is 54.6 Å². The first-order chi connectivity index (χ1) is 7.90. The Hall–Kier alpha value is 0.140. The van der Waals surface area contributed by atoms with Gasteiger partial charge in [0, 0.05) is 17.9 Å². The van der Waals surface area contributed by atoms with Crippen LogP contribution in [0.2, 0.25) is 0 Å². The van der Waals surface area contributed by atoms with Crippen molar-refractivity contribution in [1.82, 2.24) is 4.90 Å². The molecule has 0 radical (unpaired) electrons. The maximum absolute atomic E-state index is 3.58. The molecular formula is C13H20BrNS. The summed E-state index contributed by atoms with van der Waals surface area (Å²) in [6.07, 6.45) is 6.75. The first-order valence-electron chi connectivity index (χ1n) is 6.21. The minimum Gasteiger partial charge on any atom is -0.300 e. The van der Waals surface area contributed by atoms with Gasteiger partial charge in [-0.3, -0.25) is 0 Å². The fourth-order valence-corrected chi connectivity index (χ4v) is 3.75. The Kier molecular flexibility index (Phi) is 5.33. The van der Waals surface area contributed by atoms with Crippen LogP contribution in [0.1, 0.15) is 31.2 Å². The molecule has 2 rings (SSSR count). The summed E-state index contributed by atoms with van der Waals surface area (Å²) in [5.41, 5.74) is 1.51. The summed E-state index contributed by atoms with van der Waals surface area (Å²) in [4.78, 5) is 2.70. The highest BCUT2D eigenvalue weighted by molar-refractivity contribution is 9.09. The van der Waals surface area contributed by atoms with E-state index >= 15 is 0 Å². The Labute approximate surface area is 111 Å². The van der Waals surface area contributed by atoms with E-state index in [-0.39, 0.29) is 0 Å². The molecule has 1 aliphatic heterocycles. The molecule has 90 valence electrons. The van der Waals surface area contributed by atoms with Crippen LogP contribution in [0.15, 0.2) is 16.8 Å². The van der Waals surface area contributed by atoms with Crippen molar-refractivity contribution in [2.24, 2.45) is 0 Å². The van der Waals surface area contributed by atoms with Gasteiger partial charge in [0.2, 0.25) is 0 Å². The Morgan fingerprint density at radius 2 is 2.38 bits per heavy atom. The topological polar surface area (TPSA) is 3.24 Å². The normalized spacial score (nSPS) is 22.4. The van der Waals surface area contributed by atoms with Crippen molar-refractivity contribution in [1.29, 1.82) is 0 Å². The fourth-order valence-electron chi connectivity index (χ4n) is 2.51. The zero-order valence-corrected chi connectivity index (χ0v) is 12.1. The van der Waals surface area contributed by atoms with Crippen molar-refractivity contribution in [3.63, 3.8) is 0 Å². The lowest BCUT2D eigenvalue weighted by Gasteiger charge is -2.35. The molecule has 0 bridgehead atoms. The predicted octanol–water partition coefficient (Wildman–Crippen LogP) is 3.93. The lowest BCUT2D eigenvalue weighted by atomic mass is 9.99. The Balaban J connectivity index is 1.81. The number of hydrogen-bond donors (Lipinski definition) is 0. The number of halogens is 1. The molecule has 1 saturated heterocycles. The van der Waals surface area contributed by atoms with Crippen molar-refractivity contribution in [2.75, 3.05) is 18.4 Å². The van der Waals surface area contributed by atoms with Crippen molar-refractivity contribution in [3.05, 3.63) is 22.4 Å². The number of rotatable bonds is 5. The van der Waals surface area contributed by atoms with Gasteiger partial charge >= 0.3 is 0 Å². The van der Waals surface area contributed by atoms with Crippen LogP contribution in [0, 0.1) is 0 Å². The van der Waals surface area contributed by atoms with E-state index in [0.717, 1.165) is 11.4 Å². The van der Waals surface area contributed by atoms with E-state index < -0.39 is 0 Å². The fraction of sp³-hybridized carbons (Fsp3) is 0.692. The first-order valence-corrected chi connectivity index (χ1v) is 8.27. The van der Waals surface area contributed by atoms with Gasteiger partial charge in [0.05, 0.1) is 0 Å². The van der Waals surface area contributed by atoms with Crippen LogP contribution >= 0.6 is 27.3 Å². The monoisotopic (exact) mass is 301 g/mol. The highest BCUT2D eigenvalue weighted by atomic mass is 79.9. The highest BCUT2D eigenvalue weighted by Crippen LogP contribution is 2.21. The average molecular weight is 302 g/mol. The van der Waals surface area contributed by atoms with Gasteiger partial charge in [-0.1, -0.05) is 22.4 Å². The number of nitrogens with zero attached hydrogens (tertiary/aromatic N) is 1. The maximum Gasteiger partial charge on any atom is 0.0103 e. The molecule has 1 atom stereocenters. The summed E-state index contributed by atoms with van der Waals surface area (Å²) in [7, 11) is 0. The average Bonchev–Trinajstić information content (AvgIpc) is 2.81. The molecule has 0 aliphatic carbocycles. The van der Waals surface area contributed by atoms with Crippen LogP contribution in [0.5, 0.6) is 0 Å². The number of hydrogen-bond acceptors (Lipinski definition) is 2. The standard InChI is InChI=1S/C13H20BrNS/c14-7-4-13-3-1-2-8-15(13)9-5-12-6-10-16-11-12/h6,10-11,13H,1-5,7-9H2. The van der Waals surface area contributed by atoms with Crippen molar-refractivity contribution >= 4 is 27.3 Å². The molecule has 16 heavy (non-hydrogen) atoms. The lowest BCUT2D eigenvalue weighted by molar-refractivity contribution is 0.147. The molecule has 1 aromatic heterocycles. The molecule has 0 N–H and O–H groups in total. The zero-order valence-electron chi connectivity index (χ0n) is 9.70. The lowest BCUT2D eigenvalue weighted by Crippen LogP contribution is -2.40. The van der Waals surface area contributed by atoms with E-state index in [1.807, 2.05) is 11.3 Å². The van der Waals surface area contributed by atoms with E-state index in [4.69, 9.17) is 0 Å². The Morgan fingerprint density at radius 3 is 3.12 bits per heavy atom. The van der Waals surface area contributed by atoms with Gasteiger partial charge in [-0.2, -0.15) is 11.3 Å². The van der Waals surface area contributed by atoms with Gasteiger partial charge in [0.1, 0.15) is 0 Å². The van der Waals surface area contributed by atoms with Crippen molar-refractivity contribution < 1.29 is 0 Å². The first kappa shape index (κ1) is 12.6. The van der Waals surface area contributed by atoms with Gasteiger partial charge in [-0.25, -0.2) is 0 Å². The van der Waals surface area contributed by atoms with Crippen LogP contribution in [-0.2, 0) is 6.42 Å². The van der Waals surface area contributed by atoms with E-state index in [1.165, 1.54) is 50.8 Å². The van der Waals surface area contributed by atoms with Gasteiger partial charge in [0.15, 0.2) is 0 Å². The molecule has 1 nitrogen and oxygen atoms in total. The Morgan fingerprint density at radius 1 is 1.44 bits per heavy atom. The summed E-state index contributed by atoms with van der Waals surface area (Å²) < 4.78 is 0. The van der Waals surface area contributed by atoms with Gasteiger partial charge in [0.25, 0.3) is 0 Å². The maximum atomic E-state index is 3.58.